The van der Waals surface area contributed by atoms with Crippen molar-refractivity contribution in [3.8, 4) is 0 Å². The first kappa shape index (κ1) is 12.4. The van der Waals surface area contributed by atoms with Crippen LogP contribution in [0.15, 0.2) is 30.3 Å². The maximum Gasteiger partial charge on any atom is 0.128 e. The van der Waals surface area contributed by atoms with Crippen LogP contribution in [0.5, 0.6) is 0 Å². The number of benzene rings is 2. The Morgan fingerprint density at radius 1 is 0.944 bits per heavy atom. The predicted octanol–water partition coefficient (Wildman–Crippen LogP) is 3.91. The average Bonchev–Trinajstić information content (AvgIpc) is 2.30. The smallest absolute Gasteiger partial charge is 0.128 e. The fourth-order valence-corrected chi connectivity index (χ4v) is 1.68. The van der Waals surface area contributed by atoms with Crippen LogP contribution in [0.3, 0.4) is 0 Å². The van der Waals surface area contributed by atoms with Crippen molar-refractivity contribution in [3.63, 3.8) is 0 Å². The predicted molar refractivity (Wildman–Crippen MR) is 70.0 cm³/mol. The lowest BCUT2D eigenvalue weighted by atomic mass is 10.1. The second-order valence-electron chi connectivity index (χ2n) is 4.27. The van der Waals surface area contributed by atoms with E-state index in [1.165, 1.54) is 18.2 Å². The molecule has 0 atom stereocenters. The van der Waals surface area contributed by atoms with Gasteiger partial charge in [0.05, 0.1) is 11.4 Å². The molecule has 0 unspecified atom stereocenters. The van der Waals surface area contributed by atoms with Gasteiger partial charge >= 0.3 is 0 Å². The summed E-state index contributed by atoms with van der Waals surface area (Å²) < 4.78 is 26.4. The molecule has 0 aliphatic heterocycles. The first-order chi connectivity index (χ1) is 8.47. The van der Waals surface area contributed by atoms with Crippen LogP contribution in [0, 0.1) is 25.5 Å². The summed E-state index contributed by atoms with van der Waals surface area (Å²) in [5.41, 5.74) is 8.59. The van der Waals surface area contributed by atoms with E-state index < -0.39 is 0 Å². The normalized spacial score (nSPS) is 10.4. The second kappa shape index (κ2) is 4.64. The molecular formula is C14H14F2N2. The highest BCUT2D eigenvalue weighted by Crippen LogP contribution is 2.28. The summed E-state index contributed by atoms with van der Waals surface area (Å²) in [4.78, 5) is 0. The molecule has 3 N–H and O–H groups in total. The van der Waals surface area contributed by atoms with Crippen molar-refractivity contribution in [1.82, 2.24) is 0 Å². The minimum Gasteiger partial charge on any atom is -0.397 e. The van der Waals surface area contributed by atoms with Gasteiger partial charge in [0.25, 0.3) is 0 Å². The molecule has 0 amide bonds. The Bertz CT molecular complexity index is 595. The van der Waals surface area contributed by atoms with Crippen molar-refractivity contribution in [2.45, 2.75) is 13.8 Å². The number of hydrogen-bond donors (Lipinski definition) is 2. The number of aryl methyl sites for hydroxylation is 2. The van der Waals surface area contributed by atoms with Gasteiger partial charge in [-0.25, -0.2) is 8.78 Å². The Morgan fingerprint density at radius 3 is 2.39 bits per heavy atom. The summed E-state index contributed by atoms with van der Waals surface area (Å²) in [6.45, 7) is 3.51. The molecule has 4 heteroatoms. The molecule has 0 aliphatic rings. The van der Waals surface area contributed by atoms with Gasteiger partial charge in [-0.3, -0.25) is 0 Å². The van der Waals surface area contributed by atoms with Gasteiger partial charge in [-0.2, -0.15) is 0 Å². The molecule has 94 valence electrons. The zero-order chi connectivity index (χ0) is 13.3. The van der Waals surface area contributed by atoms with E-state index in [0.29, 0.717) is 22.6 Å². The highest BCUT2D eigenvalue weighted by atomic mass is 19.1. The van der Waals surface area contributed by atoms with Crippen molar-refractivity contribution < 1.29 is 8.78 Å². The molecular weight excluding hydrogens is 234 g/mol. The number of anilines is 3. The molecule has 0 aromatic heterocycles. The molecule has 0 saturated heterocycles. The molecule has 0 heterocycles. The van der Waals surface area contributed by atoms with Gasteiger partial charge in [-0.05, 0) is 49.2 Å². The van der Waals surface area contributed by atoms with Gasteiger partial charge in [0, 0.05) is 5.69 Å². The van der Waals surface area contributed by atoms with Gasteiger partial charge in [-0.1, -0.05) is 6.07 Å². The first-order valence-corrected chi connectivity index (χ1v) is 5.56. The molecule has 2 nitrogen and oxygen atoms in total. The van der Waals surface area contributed by atoms with Crippen molar-refractivity contribution in [2.75, 3.05) is 11.1 Å². The molecule has 0 aliphatic carbocycles. The lowest BCUT2D eigenvalue weighted by molar-refractivity contribution is 0.619. The average molecular weight is 248 g/mol. The summed E-state index contributed by atoms with van der Waals surface area (Å²) in [6, 6.07) is 7.30. The fraction of sp³-hybridized carbons (Fsp3) is 0.143. The van der Waals surface area contributed by atoms with Crippen LogP contribution in [0.2, 0.25) is 0 Å². The summed E-state index contributed by atoms with van der Waals surface area (Å²) in [6.07, 6.45) is 0. The SMILES string of the molecule is Cc1cc(Nc2cc(F)ccc2C)c(N)cc1F. The van der Waals surface area contributed by atoms with Gasteiger partial charge in [0.15, 0.2) is 0 Å². The standard InChI is InChI=1S/C14H14F2N2/c1-8-3-4-10(15)6-13(8)18-14-5-9(2)11(16)7-12(14)17/h3-7,18H,17H2,1-2H3. The molecule has 2 aromatic carbocycles. The van der Waals surface area contributed by atoms with Crippen molar-refractivity contribution in [2.24, 2.45) is 0 Å². The molecule has 0 fully saturated rings. The number of nitrogen functional groups attached to an aromatic ring is 1. The number of nitrogens with one attached hydrogen (secondary N) is 1. The third kappa shape index (κ3) is 2.42. The molecule has 0 saturated carbocycles. The van der Waals surface area contributed by atoms with E-state index in [2.05, 4.69) is 5.32 Å². The Hall–Kier alpha value is -2.10. The van der Waals surface area contributed by atoms with Crippen LogP contribution in [0.4, 0.5) is 25.8 Å². The summed E-state index contributed by atoms with van der Waals surface area (Å²) in [5.74, 6) is -0.686. The largest absolute Gasteiger partial charge is 0.397 e. The van der Waals surface area contributed by atoms with E-state index in [0.717, 1.165) is 5.56 Å². The third-order valence-electron chi connectivity index (χ3n) is 2.80. The number of nitrogens with two attached hydrogens (primary N) is 1. The van der Waals surface area contributed by atoms with Gasteiger partial charge in [0.1, 0.15) is 11.6 Å². The van der Waals surface area contributed by atoms with E-state index in [-0.39, 0.29) is 11.6 Å². The van der Waals surface area contributed by atoms with E-state index in [1.54, 1.807) is 19.1 Å². The maximum absolute atomic E-state index is 13.3. The van der Waals surface area contributed by atoms with E-state index in [1.807, 2.05) is 6.92 Å². The molecule has 2 rings (SSSR count). The summed E-state index contributed by atoms with van der Waals surface area (Å²) in [5, 5.41) is 3.02. The van der Waals surface area contributed by atoms with Crippen LogP contribution < -0.4 is 11.1 Å². The van der Waals surface area contributed by atoms with Crippen LogP contribution in [-0.4, -0.2) is 0 Å². The van der Waals surface area contributed by atoms with E-state index >= 15 is 0 Å². The Labute approximate surface area is 104 Å². The zero-order valence-corrected chi connectivity index (χ0v) is 10.2. The van der Waals surface area contributed by atoms with Crippen LogP contribution in [0.1, 0.15) is 11.1 Å². The maximum atomic E-state index is 13.3. The molecule has 0 radical (unpaired) electrons. The molecule has 0 spiro atoms. The highest BCUT2D eigenvalue weighted by Gasteiger charge is 2.07. The Morgan fingerprint density at radius 2 is 1.67 bits per heavy atom. The molecule has 0 bridgehead atoms. The van der Waals surface area contributed by atoms with Gasteiger partial charge in [-0.15, -0.1) is 0 Å². The van der Waals surface area contributed by atoms with E-state index in [9.17, 15) is 8.78 Å². The fourth-order valence-electron chi connectivity index (χ4n) is 1.68. The lowest BCUT2D eigenvalue weighted by Gasteiger charge is -2.13. The second-order valence-corrected chi connectivity index (χ2v) is 4.27. The minimum atomic E-state index is -0.353. The minimum absolute atomic E-state index is 0.293. The van der Waals surface area contributed by atoms with E-state index in [4.69, 9.17) is 5.73 Å². The van der Waals surface area contributed by atoms with Crippen molar-refractivity contribution in [3.05, 3.63) is 53.1 Å². The highest BCUT2D eigenvalue weighted by molar-refractivity contribution is 5.74. The quantitative estimate of drug-likeness (QED) is 0.791. The van der Waals surface area contributed by atoms with Crippen molar-refractivity contribution in [1.29, 1.82) is 0 Å². The first-order valence-electron chi connectivity index (χ1n) is 5.56. The van der Waals surface area contributed by atoms with Crippen LogP contribution in [0.25, 0.3) is 0 Å². The summed E-state index contributed by atoms with van der Waals surface area (Å²) >= 11 is 0. The topological polar surface area (TPSA) is 38.0 Å². The number of halogens is 2. The lowest BCUT2D eigenvalue weighted by Crippen LogP contribution is -2.00. The Kier molecular flexibility index (Phi) is 3.19. The number of hydrogen-bond acceptors (Lipinski definition) is 2. The van der Waals surface area contributed by atoms with Crippen LogP contribution >= 0.6 is 0 Å². The molecule has 18 heavy (non-hydrogen) atoms. The van der Waals surface area contributed by atoms with Crippen molar-refractivity contribution >= 4 is 17.1 Å². The Balaban J connectivity index is 2.40. The molecule has 2 aromatic rings. The van der Waals surface area contributed by atoms with Gasteiger partial charge < -0.3 is 11.1 Å². The van der Waals surface area contributed by atoms with Crippen LogP contribution in [-0.2, 0) is 0 Å². The summed E-state index contributed by atoms with van der Waals surface area (Å²) in [7, 11) is 0. The number of rotatable bonds is 2. The van der Waals surface area contributed by atoms with Gasteiger partial charge in [0.2, 0.25) is 0 Å². The third-order valence-corrected chi connectivity index (χ3v) is 2.80. The zero-order valence-electron chi connectivity index (χ0n) is 10.2. The monoisotopic (exact) mass is 248 g/mol.